The van der Waals surface area contributed by atoms with Crippen molar-refractivity contribution in [2.24, 2.45) is 7.05 Å². The summed E-state index contributed by atoms with van der Waals surface area (Å²) in [6.07, 6.45) is 1.59. The van der Waals surface area contributed by atoms with Gasteiger partial charge in [-0.1, -0.05) is 36.0 Å². The van der Waals surface area contributed by atoms with Crippen molar-refractivity contribution < 1.29 is 19.0 Å². The molecule has 1 aliphatic heterocycles. The highest BCUT2D eigenvalue weighted by atomic mass is 32.2. The predicted molar refractivity (Wildman–Crippen MR) is 130 cm³/mol. The molecule has 1 saturated heterocycles. The van der Waals surface area contributed by atoms with E-state index in [-0.39, 0.29) is 33.9 Å². The van der Waals surface area contributed by atoms with Gasteiger partial charge in [0.1, 0.15) is 11.8 Å². The average Bonchev–Trinajstić information content (AvgIpc) is 3.38. The van der Waals surface area contributed by atoms with Gasteiger partial charge in [0.15, 0.2) is 5.16 Å². The molecule has 2 heterocycles. The topological polar surface area (TPSA) is 107 Å². The van der Waals surface area contributed by atoms with E-state index in [2.05, 4.69) is 10.3 Å². The van der Waals surface area contributed by atoms with Crippen molar-refractivity contribution in [2.45, 2.75) is 43.9 Å². The summed E-state index contributed by atoms with van der Waals surface area (Å²) >= 11 is 1.35. The first-order valence-electron chi connectivity index (χ1n) is 11.2. The summed E-state index contributed by atoms with van der Waals surface area (Å²) in [6, 6.07) is 13.0. The lowest BCUT2D eigenvalue weighted by Crippen LogP contribution is -2.63. The van der Waals surface area contributed by atoms with Crippen LogP contribution < -0.4 is 5.32 Å². The van der Waals surface area contributed by atoms with Gasteiger partial charge in [-0.2, -0.15) is 4.48 Å². The number of hydrogen-bond acceptors (Lipinski definition) is 6. The van der Waals surface area contributed by atoms with Crippen LogP contribution in [-0.2, 0) is 11.8 Å². The molecular weight excluding hydrogens is 454 g/mol. The normalized spacial score (nSPS) is 20.9. The highest BCUT2D eigenvalue weighted by molar-refractivity contribution is 7.99. The number of benzene rings is 2. The zero-order valence-corrected chi connectivity index (χ0v) is 20.2. The summed E-state index contributed by atoms with van der Waals surface area (Å²) in [6.45, 7) is 4.22. The zero-order valence-electron chi connectivity index (χ0n) is 19.4. The fraction of sp³-hybridized carbons (Fsp3) is 0.375. The van der Waals surface area contributed by atoms with Crippen LogP contribution in [0.1, 0.15) is 38.3 Å². The Morgan fingerprint density at radius 1 is 1.26 bits per heavy atom. The molecule has 0 saturated carbocycles. The van der Waals surface area contributed by atoms with Crippen molar-refractivity contribution in [3.05, 3.63) is 64.2 Å². The number of nitro groups is 1. The third-order valence-corrected chi connectivity index (χ3v) is 7.72. The largest absolute Gasteiger partial charge is 0.424 e. The smallest absolute Gasteiger partial charge is 0.322 e. The second-order valence-electron chi connectivity index (χ2n) is 8.73. The number of non-ortho nitro benzene ring substituents is 1. The summed E-state index contributed by atoms with van der Waals surface area (Å²) in [7, 11) is 1.92. The summed E-state index contributed by atoms with van der Waals surface area (Å²) in [4.78, 5) is 42.1. The monoisotopic (exact) mass is 482 g/mol. The van der Waals surface area contributed by atoms with E-state index in [4.69, 9.17) is 0 Å². The number of fused-ring (bicyclic) bond motifs is 1. The van der Waals surface area contributed by atoms with Crippen LogP contribution in [0.15, 0.2) is 53.7 Å². The van der Waals surface area contributed by atoms with Crippen molar-refractivity contribution in [1.82, 2.24) is 14.9 Å². The summed E-state index contributed by atoms with van der Waals surface area (Å²) in [5.74, 6) is -0.00338. The zero-order chi connectivity index (χ0) is 24.5. The molecule has 1 N–H and O–H groups in total. The molecule has 34 heavy (non-hydrogen) atoms. The van der Waals surface area contributed by atoms with Crippen molar-refractivity contribution in [3.63, 3.8) is 0 Å². The number of urea groups is 1. The maximum Gasteiger partial charge on any atom is 0.424 e. The molecule has 10 heteroatoms. The van der Waals surface area contributed by atoms with Gasteiger partial charge >= 0.3 is 11.9 Å². The fourth-order valence-electron chi connectivity index (χ4n) is 4.62. The summed E-state index contributed by atoms with van der Waals surface area (Å²) in [5.41, 5.74) is 2.59. The third kappa shape index (κ3) is 4.30. The lowest BCUT2D eigenvalue weighted by Gasteiger charge is -2.33. The van der Waals surface area contributed by atoms with Crippen molar-refractivity contribution >= 4 is 40.4 Å². The Balaban J connectivity index is 1.50. The number of nitrogens with zero attached hydrogens (tertiary/aromatic N) is 4. The van der Waals surface area contributed by atoms with Gasteiger partial charge in [-0.25, -0.2) is 14.6 Å². The molecule has 1 aromatic heterocycles. The molecule has 0 aliphatic carbocycles. The number of likely N-dealkylation sites (tertiary alicyclic amines) is 1. The minimum absolute atomic E-state index is 0.00640. The number of nitrogens with one attached hydrogen (secondary N) is 1. The minimum Gasteiger partial charge on any atom is -0.322 e. The highest BCUT2D eigenvalue weighted by Crippen LogP contribution is 2.32. The van der Waals surface area contributed by atoms with Crippen molar-refractivity contribution in [1.29, 1.82) is 0 Å². The quantitative estimate of drug-likeness (QED) is 0.239. The van der Waals surface area contributed by atoms with E-state index >= 15 is 0 Å². The Morgan fingerprint density at radius 2 is 1.97 bits per heavy atom. The number of para-hydroxylation sites is 2. The SMILES string of the molecule is C[C@H](NC(=O)[N+]1(C(=O)CSc2nc3ccccc3n2C)CCC[C@H]1C)c1ccc([N+](=O)[O-])cc1. The standard InChI is InChI=1S/C24H27N5O4S/c1-16-7-6-14-29(16,24(31)25-17(2)18-10-12-19(13-11-18)28(32)33)22(30)15-34-23-26-20-8-4-5-9-21(20)27(23)3/h4-5,8-13,16-17H,6-7,14-15H2,1-3H3/p+1/t16-,17+,29?/m1/s1. The molecule has 0 radical (unpaired) electrons. The predicted octanol–water partition coefficient (Wildman–Crippen LogP) is 4.57. The lowest BCUT2D eigenvalue weighted by molar-refractivity contribution is -0.784. The third-order valence-electron chi connectivity index (χ3n) is 6.71. The number of hydrogen-bond donors (Lipinski definition) is 1. The van der Waals surface area contributed by atoms with Crippen LogP contribution in [0.5, 0.6) is 0 Å². The van der Waals surface area contributed by atoms with Crippen molar-refractivity contribution in [2.75, 3.05) is 12.3 Å². The van der Waals surface area contributed by atoms with Gasteiger partial charge in [0.05, 0.1) is 28.5 Å². The van der Waals surface area contributed by atoms with Crippen LogP contribution >= 0.6 is 11.8 Å². The molecule has 3 aromatic rings. The second kappa shape index (κ2) is 9.55. The number of thioether (sulfide) groups is 1. The number of aromatic nitrogens is 2. The molecule has 4 rings (SSSR count). The molecule has 3 atom stereocenters. The van der Waals surface area contributed by atoms with E-state index in [1.165, 1.54) is 23.9 Å². The number of quaternary nitrogens is 1. The first-order chi connectivity index (χ1) is 16.2. The Labute approximate surface area is 201 Å². The maximum absolute atomic E-state index is 13.5. The van der Waals surface area contributed by atoms with Crippen LogP contribution in [0.25, 0.3) is 11.0 Å². The van der Waals surface area contributed by atoms with E-state index in [0.717, 1.165) is 34.6 Å². The number of imidazole rings is 1. The number of rotatable bonds is 6. The van der Waals surface area contributed by atoms with E-state index in [9.17, 15) is 19.7 Å². The molecule has 3 amide bonds. The number of aryl methyl sites for hydroxylation is 1. The molecule has 0 spiro atoms. The average molecular weight is 483 g/mol. The van der Waals surface area contributed by atoms with Crippen LogP contribution in [0, 0.1) is 10.1 Å². The number of carbonyl (C=O) groups is 2. The Morgan fingerprint density at radius 3 is 2.59 bits per heavy atom. The van der Waals surface area contributed by atoms with Crippen LogP contribution in [0.4, 0.5) is 10.5 Å². The molecule has 178 valence electrons. The molecule has 0 bridgehead atoms. The first kappa shape index (κ1) is 23.9. The van der Waals surface area contributed by atoms with E-state index < -0.39 is 11.0 Å². The lowest BCUT2D eigenvalue weighted by atomic mass is 10.1. The van der Waals surface area contributed by atoms with Gasteiger partial charge in [-0.15, -0.1) is 0 Å². The highest BCUT2D eigenvalue weighted by Gasteiger charge is 2.52. The molecule has 2 aromatic carbocycles. The molecule has 9 nitrogen and oxygen atoms in total. The van der Waals surface area contributed by atoms with Crippen LogP contribution in [0.3, 0.4) is 0 Å². The van der Waals surface area contributed by atoms with Gasteiger partial charge in [0.2, 0.25) is 0 Å². The van der Waals surface area contributed by atoms with E-state index in [0.29, 0.717) is 6.54 Å². The number of amides is 3. The summed E-state index contributed by atoms with van der Waals surface area (Å²) < 4.78 is 1.72. The van der Waals surface area contributed by atoms with Gasteiger partial charge in [0, 0.05) is 32.0 Å². The van der Waals surface area contributed by atoms with E-state index in [1.54, 1.807) is 12.1 Å². The molecule has 1 unspecified atom stereocenters. The fourth-order valence-corrected chi connectivity index (χ4v) is 5.56. The number of carbonyl (C=O) groups excluding carboxylic acids is 2. The Kier molecular flexibility index (Phi) is 6.72. The summed E-state index contributed by atoms with van der Waals surface area (Å²) in [5, 5.41) is 14.6. The second-order valence-corrected chi connectivity index (χ2v) is 9.67. The van der Waals surface area contributed by atoms with Crippen molar-refractivity contribution in [3.8, 4) is 0 Å². The molecule has 1 aliphatic rings. The van der Waals surface area contributed by atoms with Gasteiger partial charge in [-0.3, -0.25) is 15.4 Å². The van der Waals surface area contributed by atoms with Crippen LogP contribution in [-0.4, -0.2) is 49.2 Å². The Bertz CT molecular complexity index is 1240. The van der Waals surface area contributed by atoms with Gasteiger partial charge in [-0.05, 0) is 31.5 Å². The van der Waals surface area contributed by atoms with Gasteiger partial charge in [0.25, 0.3) is 5.69 Å². The Hall–Kier alpha value is -3.24. The number of nitro benzene ring substituents is 1. The first-order valence-corrected chi connectivity index (χ1v) is 12.2. The minimum atomic E-state index is -0.458. The van der Waals surface area contributed by atoms with Crippen LogP contribution in [0.2, 0.25) is 0 Å². The number of imide groups is 1. The molecule has 1 fully saturated rings. The van der Waals surface area contributed by atoms with Gasteiger partial charge < -0.3 is 4.57 Å². The molecular formula is C24H28N5O4S+. The maximum atomic E-state index is 13.5. The van der Waals surface area contributed by atoms with E-state index in [1.807, 2.05) is 49.7 Å².